The predicted octanol–water partition coefficient (Wildman–Crippen LogP) is 1.65. The van der Waals surface area contributed by atoms with Gasteiger partial charge in [0.1, 0.15) is 0 Å². The molecule has 0 saturated heterocycles. The molecule has 2 aromatic rings. The number of nitrogens with one attached hydrogen (secondary N) is 2. The molecular formula is C12H13N2O. The van der Waals surface area contributed by atoms with Gasteiger partial charge in [-0.05, 0) is 24.3 Å². The van der Waals surface area contributed by atoms with E-state index in [0.29, 0.717) is 6.54 Å². The van der Waals surface area contributed by atoms with E-state index in [9.17, 15) is 4.79 Å². The predicted molar refractivity (Wildman–Crippen MR) is 59.5 cm³/mol. The van der Waals surface area contributed by atoms with Crippen LogP contribution in [0.15, 0.2) is 24.3 Å². The van der Waals surface area contributed by atoms with E-state index in [1.54, 1.807) is 0 Å². The van der Waals surface area contributed by atoms with Crippen molar-refractivity contribution in [2.45, 2.75) is 13.3 Å². The third kappa shape index (κ3) is 2.37. The van der Waals surface area contributed by atoms with Crippen LogP contribution >= 0.6 is 0 Å². The molecule has 0 aliphatic carbocycles. The molecule has 0 aliphatic rings. The quantitative estimate of drug-likeness (QED) is 0.779. The largest absolute Gasteiger partial charge is 0.358 e. The molecule has 1 aromatic carbocycles. The van der Waals surface area contributed by atoms with Crippen LogP contribution in [-0.4, -0.2) is 17.4 Å². The van der Waals surface area contributed by atoms with Crippen molar-refractivity contribution < 1.29 is 4.79 Å². The Bertz CT molecular complexity index is 440. The monoisotopic (exact) mass is 201 g/mol. The zero-order chi connectivity index (χ0) is 10.7. The summed E-state index contributed by atoms with van der Waals surface area (Å²) in [7, 11) is 0. The number of rotatable bonds is 3. The number of fused-ring (bicyclic) bond motifs is 1. The first kappa shape index (κ1) is 9.77. The second-order valence-electron chi connectivity index (χ2n) is 3.54. The molecule has 1 amide bonds. The van der Waals surface area contributed by atoms with E-state index in [1.165, 1.54) is 6.92 Å². The molecule has 77 valence electrons. The molecule has 0 aliphatic heterocycles. The number of amides is 1. The van der Waals surface area contributed by atoms with E-state index >= 15 is 0 Å². The summed E-state index contributed by atoms with van der Waals surface area (Å²) in [6.45, 7) is 2.20. The van der Waals surface area contributed by atoms with E-state index < -0.39 is 0 Å². The summed E-state index contributed by atoms with van der Waals surface area (Å²) in [4.78, 5) is 14.0. The molecule has 2 rings (SSSR count). The lowest BCUT2D eigenvalue weighted by Crippen LogP contribution is -2.22. The van der Waals surface area contributed by atoms with Gasteiger partial charge in [0.05, 0.1) is 0 Å². The van der Waals surface area contributed by atoms with Crippen molar-refractivity contribution in [1.29, 1.82) is 0 Å². The minimum absolute atomic E-state index is 0.0134. The SMILES string of the molecule is CC(=O)NCCc1cc2c[c]ccc2[nH]1. The van der Waals surface area contributed by atoms with E-state index in [2.05, 4.69) is 22.4 Å². The number of aromatic nitrogens is 1. The molecule has 0 atom stereocenters. The standard InChI is InChI=1S/C12H13N2O/c1-9(15)13-7-6-11-8-10-4-2-3-5-12(10)14-11/h3-5,8,14H,6-7H2,1H3,(H,13,15). The van der Waals surface area contributed by atoms with Crippen molar-refractivity contribution in [3.8, 4) is 0 Å². The summed E-state index contributed by atoms with van der Waals surface area (Å²) in [5.41, 5.74) is 2.25. The maximum Gasteiger partial charge on any atom is 0.216 e. The van der Waals surface area contributed by atoms with Crippen molar-refractivity contribution in [2.75, 3.05) is 6.54 Å². The summed E-state index contributed by atoms with van der Waals surface area (Å²) in [5.74, 6) is 0.0134. The Morgan fingerprint density at radius 1 is 1.60 bits per heavy atom. The Balaban J connectivity index is 2.05. The van der Waals surface area contributed by atoms with E-state index in [0.717, 1.165) is 23.0 Å². The lowest BCUT2D eigenvalue weighted by Gasteiger charge is -1.98. The third-order valence-electron chi connectivity index (χ3n) is 2.29. The van der Waals surface area contributed by atoms with Crippen molar-refractivity contribution >= 4 is 16.8 Å². The van der Waals surface area contributed by atoms with Crippen LogP contribution in [-0.2, 0) is 11.2 Å². The highest BCUT2D eigenvalue weighted by molar-refractivity contribution is 5.80. The number of hydrogen-bond donors (Lipinski definition) is 2. The van der Waals surface area contributed by atoms with Gasteiger partial charge in [0, 0.05) is 36.5 Å². The maximum atomic E-state index is 10.7. The highest BCUT2D eigenvalue weighted by Crippen LogP contribution is 2.14. The number of H-pyrrole nitrogens is 1. The molecule has 15 heavy (non-hydrogen) atoms. The summed E-state index contributed by atoms with van der Waals surface area (Å²) in [5, 5.41) is 3.93. The van der Waals surface area contributed by atoms with Gasteiger partial charge in [0.25, 0.3) is 0 Å². The summed E-state index contributed by atoms with van der Waals surface area (Å²) < 4.78 is 0. The number of carbonyl (C=O) groups is 1. The van der Waals surface area contributed by atoms with Crippen LogP contribution in [0, 0.1) is 6.07 Å². The molecular weight excluding hydrogens is 188 g/mol. The van der Waals surface area contributed by atoms with Gasteiger partial charge in [-0.15, -0.1) is 0 Å². The van der Waals surface area contributed by atoms with Crippen LogP contribution in [0.3, 0.4) is 0 Å². The minimum atomic E-state index is 0.0134. The molecule has 0 spiro atoms. The lowest BCUT2D eigenvalue weighted by atomic mass is 10.2. The fraction of sp³-hybridized carbons (Fsp3) is 0.250. The van der Waals surface area contributed by atoms with Crippen molar-refractivity contribution in [2.24, 2.45) is 0 Å². The van der Waals surface area contributed by atoms with Crippen LogP contribution in [0.2, 0.25) is 0 Å². The van der Waals surface area contributed by atoms with Gasteiger partial charge in [-0.2, -0.15) is 0 Å². The summed E-state index contributed by atoms with van der Waals surface area (Å²) in [6.07, 6.45) is 0.828. The smallest absolute Gasteiger partial charge is 0.216 e. The molecule has 1 aromatic heterocycles. The average molecular weight is 201 g/mol. The normalized spacial score (nSPS) is 10.5. The lowest BCUT2D eigenvalue weighted by molar-refractivity contribution is -0.118. The van der Waals surface area contributed by atoms with Gasteiger partial charge in [0.15, 0.2) is 0 Å². The molecule has 0 saturated carbocycles. The van der Waals surface area contributed by atoms with Gasteiger partial charge >= 0.3 is 0 Å². The van der Waals surface area contributed by atoms with Crippen molar-refractivity contribution in [3.63, 3.8) is 0 Å². The Morgan fingerprint density at radius 3 is 3.20 bits per heavy atom. The molecule has 3 nitrogen and oxygen atoms in total. The Hall–Kier alpha value is -1.77. The number of carbonyl (C=O) groups excluding carboxylic acids is 1. The van der Waals surface area contributed by atoms with Crippen LogP contribution in [0.5, 0.6) is 0 Å². The first-order valence-corrected chi connectivity index (χ1v) is 4.98. The molecule has 2 N–H and O–H groups in total. The Kier molecular flexibility index (Phi) is 2.72. The highest BCUT2D eigenvalue weighted by atomic mass is 16.1. The Morgan fingerprint density at radius 2 is 2.47 bits per heavy atom. The number of benzene rings is 1. The molecule has 0 unspecified atom stereocenters. The van der Waals surface area contributed by atoms with Crippen LogP contribution < -0.4 is 5.32 Å². The Labute approximate surface area is 88.5 Å². The van der Waals surface area contributed by atoms with Gasteiger partial charge in [0.2, 0.25) is 5.91 Å². The molecule has 0 fully saturated rings. The fourth-order valence-electron chi connectivity index (χ4n) is 1.58. The molecule has 1 heterocycles. The van der Waals surface area contributed by atoms with Gasteiger partial charge < -0.3 is 10.3 Å². The van der Waals surface area contributed by atoms with Crippen molar-refractivity contribution in [1.82, 2.24) is 10.3 Å². The van der Waals surface area contributed by atoms with Gasteiger partial charge in [-0.3, -0.25) is 4.79 Å². The van der Waals surface area contributed by atoms with E-state index in [-0.39, 0.29) is 5.91 Å². The second-order valence-corrected chi connectivity index (χ2v) is 3.54. The zero-order valence-electron chi connectivity index (χ0n) is 8.63. The summed E-state index contributed by atoms with van der Waals surface area (Å²) >= 11 is 0. The number of aromatic amines is 1. The average Bonchev–Trinajstić information content (AvgIpc) is 2.59. The highest BCUT2D eigenvalue weighted by Gasteiger charge is 1.99. The van der Waals surface area contributed by atoms with Gasteiger partial charge in [-0.25, -0.2) is 0 Å². The number of hydrogen-bond acceptors (Lipinski definition) is 1. The topological polar surface area (TPSA) is 44.9 Å². The van der Waals surface area contributed by atoms with Crippen LogP contribution in [0.25, 0.3) is 10.9 Å². The first-order valence-electron chi connectivity index (χ1n) is 4.98. The van der Waals surface area contributed by atoms with Crippen LogP contribution in [0.1, 0.15) is 12.6 Å². The van der Waals surface area contributed by atoms with E-state index in [1.807, 2.05) is 18.2 Å². The van der Waals surface area contributed by atoms with Gasteiger partial charge in [-0.1, -0.05) is 6.07 Å². The summed E-state index contributed by atoms with van der Waals surface area (Å²) in [6, 6.07) is 11.0. The van der Waals surface area contributed by atoms with Crippen molar-refractivity contribution in [3.05, 3.63) is 36.0 Å². The third-order valence-corrected chi connectivity index (χ3v) is 2.29. The van der Waals surface area contributed by atoms with E-state index in [4.69, 9.17) is 0 Å². The fourth-order valence-corrected chi connectivity index (χ4v) is 1.58. The molecule has 0 bridgehead atoms. The minimum Gasteiger partial charge on any atom is -0.358 e. The van der Waals surface area contributed by atoms with Crippen LogP contribution in [0.4, 0.5) is 0 Å². The maximum absolute atomic E-state index is 10.7. The molecule has 3 heteroatoms. The molecule has 1 radical (unpaired) electrons. The first-order chi connectivity index (χ1) is 7.25. The second kappa shape index (κ2) is 4.17. The zero-order valence-corrected chi connectivity index (χ0v) is 8.63.